The minimum absolute atomic E-state index is 0.681. The zero-order valence-corrected chi connectivity index (χ0v) is 8.99. The molecule has 0 N–H and O–H groups in total. The minimum Gasteiger partial charge on any atom is -0.303 e. The Morgan fingerprint density at radius 1 is 1.31 bits per heavy atom. The number of carbonyl (C=O) groups excluding carboxylic acids is 1. The predicted molar refractivity (Wildman–Crippen MR) is 54.7 cm³/mol. The highest BCUT2D eigenvalue weighted by Crippen LogP contribution is 2.28. The first-order valence-corrected chi connectivity index (χ1v) is 5.30. The molecule has 1 unspecified atom stereocenters. The van der Waals surface area contributed by atoms with Crippen molar-refractivity contribution in [3.8, 4) is 0 Å². The molecular weight excluding hydrogens is 162 g/mol. The molecule has 1 aliphatic heterocycles. The molecule has 13 heavy (non-hydrogen) atoms. The van der Waals surface area contributed by atoms with Crippen molar-refractivity contribution in [1.82, 2.24) is 4.90 Å². The van der Waals surface area contributed by atoms with Gasteiger partial charge in [-0.3, -0.25) is 0 Å². The summed E-state index contributed by atoms with van der Waals surface area (Å²) in [6.07, 6.45) is 5.40. The van der Waals surface area contributed by atoms with Crippen molar-refractivity contribution in [3.05, 3.63) is 0 Å². The number of rotatable bonds is 3. The van der Waals surface area contributed by atoms with Gasteiger partial charge in [-0.2, -0.15) is 0 Å². The van der Waals surface area contributed by atoms with Crippen molar-refractivity contribution in [1.29, 1.82) is 0 Å². The van der Waals surface area contributed by atoms with Crippen LogP contribution in [0.5, 0.6) is 0 Å². The monoisotopic (exact) mass is 183 g/mol. The van der Waals surface area contributed by atoms with Gasteiger partial charge in [-0.1, -0.05) is 0 Å². The topological polar surface area (TPSA) is 20.3 Å². The van der Waals surface area contributed by atoms with Gasteiger partial charge in [0.1, 0.15) is 6.29 Å². The van der Waals surface area contributed by atoms with Crippen LogP contribution in [0.3, 0.4) is 0 Å². The Labute approximate surface area is 81.3 Å². The molecule has 3 atom stereocenters. The molecule has 0 spiro atoms. The number of hydrogen-bond acceptors (Lipinski definition) is 2. The molecule has 0 saturated carbocycles. The fourth-order valence-corrected chi connectivity index (χ4v) is 2.37. The van der Waals surface area contributed by atoms with Gasteiger partial charge in [-0.25, -0.2) is 0 Å². The Bertz CT molecular complexity index is 157. The molecular formula is C11H21NO. The first-order valence-electron chi connectivity index (χ1n) is 5.30. The van der Waals surface area contributed by atoms with Crippen LogP contribution >= 0.6 is 0 Å². The molecule has 1 aliphatic rings. The fraction of sp³-hybridized carbons (Fsp3) is 0.909. The van der Waals surface area contributed by atoms with Gasteiger partial charge in [0.15, 0.2) is 0 Å². The zero-order valence-electron chi connectivity index (χ0n) is 8.99. The summed E-state index contributed by atoms with van der Waals surface area (Å²) in [6.45, 7) is 4.56. The maximum atomic E-state index is 10.3. The SMILES string of the molecule is C[C@@H]1CC(CCC=O)C[C@H](C)N1C. The lowest BCUT2D eigenvalue weighted by Crippen LogP contribution is -2.43. The van der Waals surface area contributed by atoms with Gasteiger partial charge in [-0.15, -0.1) is 0 Å². The Morgan fingerprint density at radius 3 is 2.31 bits per heavy atom. The van der Waals surface area contributed by atoms with Crippen LogP contribution in [0.2, 0.25) is 0 Å². The van der Waals surface area contributed by atoms with E-state index in [2.05, 4.69) is 25.8 Å². The number of aldehydes is 1. The van der Waals surface area contributed by atoms with Gasteiger partial charge in [0.2, 0.25) is 0 Å². The predicted octanol–water partition coefficient (Wildman–Crippen LogP) is 2.08. The van der Waals surface area contributed by atoms with Gasteiger partial charge in [0, 0.05) is 18.5 Å². The molecule has 2 nitrogen and oxygen atoms in total. The van der Waals surface area contributed by atoms with Gasteiger partial charge in [-0.05, 0) is 46.1 Å². The zero-order chi connectivity index (χ0) is 9.84. The van der Waals surface area contributed by atoms with Crippen LogP contribution in [0.1, 0.15) is 39.5 Å². The average molecular weight is 183 g/mol. The van der Waals surface area contributed by atoms with Gasteiger partial charge in [0.05, 0.1) is 0 Å². The van der Waals surface area contributed by atoms with E-state index in [-0.39, 0.29) is 0 Å². The lowest BCUT2D eigenvalue weighted by Gasteiger charge is -2.40. The Hall–Kier alpha value is -0.370. The third kappa shape index (κ3) is 2.80. The Morgan fingerprint density at radius 2 is 1.85 bits per heavy atom. The number of hydrogen-bond donors (Lipinski definition) is 0. The summed E-state index contributed by atoms with van der Waals surface area (Å²) < 4.78 is 0. The van der Waals surface area contributed by atoms with Gasteiger partial charge < -0.3 is 9.69 Å². The average Bonchev–Trinajstić information content (AvgIpc) is 2.10. The van der Waals surface area contributed by atoms with E-state index in [1.807, 2.05) is 0 Å². The van der Waals surface area contributed by atoms with Crippen LogP contribution in [0, 0.1) is 5.92 Å². The van der Waals surface area contributed by atoms with E-state index >= 15 is 0 Å². The number of nitrogens with zero attached hydrogens (tertiary/aromatic N) is 1. The summed E-state index contributed by atoms with van der Waals surface area (Å²) in [5, 5.41) is 0. The summed E-state index contributed by atoms with van der Waals surface area (Å²) >= 11 is 0. The first kappa shape index (κ1) is 10.7. The molecule has 76 valence electrons. The van der Waals surface area contributed by atoms with Crippen molar-refractivity contribution in [2.75, 3.05) is 7.05 Å². The summed E-state index contributed by atoms with van der Waals surface area (Å²) in [5.74, 6) is 0.770. The van der Waals surface area contributed by atoms with Crippen molar-refractivity contribution >= 4 is 6.29 Å². The van der Waals surface area contributed by atoms with Crippen molar-refractivity contribution < 1.29 is 4.79 Å². The molecule has 1 heterocycles. The standard InChI is InChI=1S/C11H21NO/c1-9-7-11(5-4-6-13)8-10(2)12(9)3/h6,9-11H,4-5,7-8H2,1-3H3/t9-,10+,11?. The molecule has 0 radical (unpaired) electrons. The number of likely N-dealkylation sites (tertiary alicyclic amines) is 1. The molecule has 1 saturated heterocycles. The molecule has 0 aromatic carbocycles. The molecule has 0 aliphatic carbocycles. The maximum Gasteiger partial charge on any atom is 0.120 e. The fourth-order valence-electron chi connectivity index (χ4n) is 2.37. The van der Waals surface area contributed by atoms with Crippen LogP contribution in [0.15, 0.2) is 0 Å². The van der Waals surface area contributed by atoms with E-state index in [4.69, 9.17) is 0 Å². The highest BCUT2D eigenvalue weighted by molar-refractivity contribution is 5.49. The molecule has 0 aromatic heterocycles. The quantitative estimate of drug-likeness (QED) is 0.624. The van der Waals surface area contributed by atoms with E-state index in [1.54, 1.807) is 0 Å². The minimum atomic E-state index is 0.681. The summed E-state index contributed by atoms with van der Waals surface area (Å²) in [4.78, 5) is 12.7. The highest BCUT2D eigenvalue weighted by atomic mass is 16.1. The normalized spacial score (nSPS) is 36.1. The second kappa shape index (κ2) is 4.75. The van der Waals surface area contributed by atoms with Gasteiger partial charge >= 0.3 is 0 Å². The second-order valence-corrected chi connectivity index (χ2v) is 4.44. The number of carbonyl (C=O) groups is 1. The smallest absolute Gasteiger partial charge is 0.120 e. The maximum absolute atomic E-state index is 10.3. The molecule has 1 fully saturated rings. The molecule has 2 heteroatoms. The highest BCUT2D eigenvalue weighted by Gasteiger charge is 2.27. The van der Waals surface area contributed by atoms with Crippen molar-refractivity contribution in [2.24, 2.45) is 5.92 Å². The van der Waals surface area contributed by atoms with Crippen LogP contribution in [0.25, 0.3) is 0 Å². The molecule has 0 bridgehead atoms. The largest absolute Gasteiger partial charge is 0.303 e. The van der Waals surface area contributed by atoms with E-state index < -0.39 is 0 Å². The van der Waals surface area contributed by atoms with Crippen molar-refractivity contribution in [3.63, 3.8) is 0 Å². The lowest BCUT2D eigenvalue weighted by molar-refractivity contribution is -0.108. The van der Waals surface area contributed by atoms with Gasteiger partial charge in [0.25, 0.3) is 0 Å². The first-order chi connectivity index (χ1) is 6.15. The van der Waals surface area contributed by atoms with Crippen LogP contribution < -0.4 is 0 Å². The molecule has 1 rings (SSSR count). The Kier molecular flexibility index (Phi) is 3.91. The summed E-state index contributed by atoms with van der Waals surface area (Å²) in [7, 11) is 2.20. The van der Waals surface area contributed by atoms with Crippen LogP contribution in [0.4, 0.5) is 0 Å². The Balaban J connectivity index is 2.39. The van der Waals surface area contributed by atoms with E-state index in [0.29, 0.717) is 12.1 Å². The molecule has 0 amide bonds. The third-order valence-electron chi connectivity index (χ3n) is 3.43. The third-order valence-corrected chi connectivity index (χ3v) is 3.43. The van der Waals surface area contributed by atoms with Crippen LogP contribution in [-0.2, 0) is 4.79 Å². The molecule has 0 aromatic rings. The summed E-state index contributed by atoms with van der Waals surface area (Å²) in [6, 6.07) is 1.36. The lowest BCUT2D eigenvalue weighted by atomic mass is 9.85. The summed E-state index contributed by atoms with van der Waals surface area (Å²) in [5.41, 5.74) is 0. The second-order valence-electron chi connectivity index (χ2n) is 4.44. The van der Waals surface area contributed by atoms with E-state index in [9.17, 15) is 4.79 Å². The van der Waals surface area contributed by atoms with Crippen molar-refractivity contribution in [2.45, 2.75) is 51.6 Å². The van der Waals surface area contributed by atoms with Crippen LogP contribution in [-0.4, -0.2) is 30.3 Å². The van der Waals surface area contributed by atoms with E-state index in [0.717, 1.165) is 25.0 Å². The van der Waals surface area contributed by atoms with E-state index in [1.165, 1.54) is 12.8 Å². The number of piperidine rings is 1.